The average Bonchev–Trinajstić information content (AvgIpc) is 1.53. The van der Waals surface area contributed by atoms with Gasteiger partial charge in [0.05, 0.1) is 47.0 Å². The molecule has 2 saturated heterocycles. The van der Waals surface area contributed by atoms with Crippen LogP contribution >= 0.6 is 7.75 Å². The summed E-state index contributed by atoms with van der Waals surface area (Å²) in [6, 6.07) is 30.2. The minimum Gasteiger partial charge on any atom is -0.497 e. The predicted molar refractivity (Wildman–Crippen MR) is 327 cm³/mol. The summed E-state index contributed by atoms with van der Waals surface area (Å²) in [5.41, 5.74) is 5.52. The average molecular weight is 1280 g/mol. The molecule has 2 aromatic heterocycles. The fraction of sp³-hybridized carbons (Fsp3) is 0.460. The molecule has 0 aliphatic carbocycles. The van der Waals surface area contributed by atoms with Crippen LogP contribution in [0.3, 0.4) is 0 Å². The van der Waals surface area contributed by atoms with Crippen molar-refractivity contribution >= 4 is 54.5 Å². The normalized spacial score (nSPS) is 21.0. The van der Waals surface area contributed by atoms with E-state index in [9.17, 15) is 24.0 Å². The molecular formula is C63H78N7O20P. The van der Waals surface area contributed by atoms with Gasteiger partial charge in [-0.15, -0.1) is 0 Å². The molecule has 10 atom stereocenters. The number of hydrogen-bond donors (Lipinski definition) is 3. The van der Waals surface area contributed by atoms with Crippen molar-refractivity contribution in [1.29, 1.82) is 0 Å². The molecule has 28 heteroatoms. The number of ether oxygens (including phenoxy) is 11. The van der Waals surface area contributed by atoms with Crippen LogP contribution in [0.2, 0.25) is 0 Å². The van der Waals surface area contributed by atoms with E-state index in [2.05, 4.69) is 20.3 Å². The van der Waals surface area contributed by atoms with E-state index < -0.39 is 129 Å². The monoisotopic (exact) mass is 1280 g/mol. The number of anilines is 1. The summed E-state index contributed by atoms with van der Waals surface area (Å²) in [6.07, 6.45) is -9.75. The molecule has 4 heterocycles. The number of nitrogens with two attached hydrogens (primary N) is 1. The molecule has 490 valence electrons. The second kappa shape index (κ2) is 31.3. The zero-order valence-corrected chi connectivity index (χ0v) is 53.1. The van der Waals surface area contributed by atoms with E-state index in [1.807, 2.05) is 82.3 Å². The standard InChI is InChI=1S/C63H78N7O20P/c1-37(2)70(38(3)4)91(77,84-32-30-80-29-31-81-61-53(66-39(5)71)58(86-42(8)74)57(85-41(7)73)51(87-61)35-82-40(6)72)90-50-33-52(69-36-65-54-59(69)67-62(64)68-60(54)76)88-56(50)55(49(75)34-83-48-19-15-12-16-20-48)89-63(43-17-13-11-14-18-43,44-21-25-46(78-9)26-22-44)45-23-27-47(79-10)28-24-45/h11-28,36-38,50-53,55-58,61H,29-35H2,1-10H3,(H,66,71)(H3,64,67,68,76)/t50-,51+,52+,53+,55?,56-,57-,58+,61+,91?/m0/s1. The van der Waals surface area contributed by atoms with Gasteiger partial charge < -0.3 is 63.2 Å². The van der Waals surface area contributed by atoms with Crippen molar-refractivity contribution in [3.8, 4) is 17.2 Å². The fourth-order valence-corrected chi connectivity index (χ4v) is 13.4. The first-order valence-electron chi connectivity index (χ1n) is 29.5. The maximum Gasteiger partial charge on any atom is 0.409 e. The molecule has 0 saturated carbocycles. The smallest absolute Gasteiger partial charge is 0.409 e. The number of para-hydroxylation sites is 1. The lowest BCUT2D eigenvalue weighted by molar-refractivity contribution is -0.279. The van der Waals surface area contributed by atoms with Gasteiger partial charge in [0.15, 0.2) is 35.8 Å². The highest BCUT2D eigenvalue weighted by molar-refractivity contribution is 7.51. The molecule has 6 aromatic rings. The van der Waals surface area contributed by atoms with Gasteiger partial charge in [-0.2, -0.15) is 4.98 Å². The van der Waals surface area contributed by atoms with Crippen LogP contribution < -0.4 is 30.8 Å². The van der Waals surface area contributed by atoms with Gasteiger partial charge in [-0.25, -0.2) is 14.2 Å². The number of Topliss-reactive ketones (excluding diaryl/α,β-unsaturated/α-hetero) is 1. The molecule has 1 amide bonds. The van der Waals surface area contributed by atoms with Crippen molar-refractivity contribution in [2.24, 2.45) is 0 Å². The van der Waals surface area contributed by atoms with Crippen LogP contribution in [0.4, 0.5) is 5.95 Å². The molecular weight excluding hydrogens is 1210 g/mol. The number of aromatic nitrogens is 4. The van der Waals surface area contributed by atoms with Crippen LogP contribution in [0.5, 0.6) is 17.2 Å². The number of nitrogens with zero attached hydrogens (tertiary/aromatic N) is 4. The van der Waals surface area contributed by atoms with Gasteiger partial charge in [0.25, 0.3) is 5.56 Å². The molecule has 0 spiro atoms. The number of carbonyl (C=O) groups excluding carboxylic acids is 5. The Morgan fingerprint density at radius 3 is 1.91 bits per heavy atom. The number of esters is 3. The number of aromatic amines is 1. The minimum absolute atomic E-state index is 0.0430. The van der Waals surface area contributed by atoms with Gasteiger partial charge in [-0.3, -0.25) is 47.4 Å². The third-order valence-corrected chi connectivity index (χ3v) is 17.3. The highest BCUT2D eigenvalue weighted by atomic mass is 31.2. The quantitative estimate of drug-likeness (QED) is 0.0140. The van der Waals surface area contributed by atoms with Gasteiger partial charge in [-0.1, -0.05) is 72.8 Å². The van der Waals surface area contributed by atoms with E-state index >= 15 is 9.36 Å². The van der Waals surface area contributed by atoms with E-state index in [1.54, 1.807) is 73.5 Å². The third-order valence-electron chi connectivity index (χ3n) is 14.8. The van der Waals surface area contributed by atoms with Crippen molar-refractivity contribution in [3.63, 3.8) is 0 Å². The molecule has 0 radical (unpaired) electrons. The molecule has 2 aliphatic heterocycles. The Morgan fingerprint density at radius 1 is 0.758 bits per heavy atom. The molecule has 4 aromatic carbocycles. The van der Waals surface area contributed by atoms with Crippen molar-refractivity contribution in [2.75, 3.05) is 59.6 Å². The first-order chi connectivity index (χ1) is 43.5. The maximum atomic E-state index is 16.2. The molecule has 2 unspecified atom stereocenters. The number of hydrogen-bond acceptors (Lipinski definition) is 23. The lowest BCUT2D eigenvalue weighted by Crippen LogP contribution is -2.66. The molecule has 91 heavy (non-hydrogen) atoms. The van der Waals surface area contributed by atoms with Crippen LogP contribution in [-0.4, -0.2) is 169 Å². The van der Waals surface area contributed by atoms with Crippen LogP contribution in [0.25, 0.3) is 11.2 Å². The van der Waals surface area contributed by atoms with Crippen molar-refractivity contribution in [1.82, 2.24) is 29.5 Å². The van der Waals surface area contributed by atoms with E-state index in [4.69, 9.17) is 66.9 Å². The molecule has 2 aliphatic rings. The van der Waals surface area contributed by atoms with E-state index in [0.29, 0.717) is 33.9 Å². The predicted octanol–water partition coefficient (Wildman–Crippen LogP) is 6.35. The van der Waals surface area contributed by atoms with Gasteiger partial charge in [-0.05, 0) is 80.8 Å². The first-order valence-corrected chi connectivity index (χ1v) is 31.0. The summed E-state index contributed by atoms with van der Waals surface area (Å²) < 4.78 is 99.3. The first kappa shape index (κ1) is 68.8. The number of amides is 1. The van der Waals surface area contributed by atoms with Crippen molar-refractivity contribution in [2.45, 2.75) is 135 Å². The lowest BCUT2D eigenvalue weighted by atomic mass is 9.79. The number of nitrogen functional groups attached to an aromatic ring is 1. The highest BCUT2D eigenvalue weighted by Crippen LogP contribution is 2.58. The maximum absolute atomic E-state index is 16.2. The molecule has 0 bridgehead atoms. The van der Waals surface area contributed by atoms with Gasteiger partial charge >= 0.3 is 25.7 Å². The second-order valence-electron chi connectivity index (χ2n) is 21.9. The Labute approximate surface area is 525 Å². The third kappa shape index (κ3) is 16.9. The van der Waals surface area contributed by atoms with Crippen LogP contribution in [0, 0.1) is 0 Å². The summed E-state index contributed by atoms with van der Waals surface area (Å²) in [7, 11) is -1.51. The summed E-state index contributed by atoms with van der Waals surface area (Å²) >= 11 is 0. The van der Waals surface area contributed by atoms with E-state index in [1.165, 1.54) is 24.7 Å². The molecule has 27 nitrogen and oxygen atoms in total. The minimum atomic E-state index is -4.60. The number of carbonyl (C=O) groups is 5. The Hall–Kier alpha value is -8.11. The number of imidazole rings is 1. The molecule has 2 fully saturated rings. The highest BCUT2D eigenvalue weighted by Gasteiger charge is 2.55. The van der Waals surface area contributed by atoms with Gasteiger partial charge in [0.2, 0.25) is 17.6 Å². The number of benzene rings is 4. The fourth-order valence-electron chi connectivity index (χ4n) is 11.1. The van der Waals surface area contributed by atoms with Crippen molar-refractivity contribution < 1.29 is 89.7 Å². The largest absolute Gasteiger partial charge is 0.497 e. The Bertz CT molecular complexity index is 3470. The molecule has 8 rings (SSSR count). The summed E-state index contributed by atoms with van der Waals surface area (Å²) in [4.78, 5) is 89.4. The summed E-state index contributed by atoms with van der Waals surface area (Å²) in [5.74, 6) is -2.15. The Balaban J connectivity index is 1.15. The van der Waals surface area contributed by atoms with Crippen LogP contribution in [-0.2, 0) is 81.1 Å². The number of fused-ring (bicyclic) bond motifs is 1. The summed E-state index contributed by atoms with van der Waals surface area (Å²) in [5, 5.41) is 2.65. The van der Waals surface area contributed by atoms with Gasteiger partial charge in [0, 0.05) is 46.2 Å². The zero-order valence-electron chi connectivity index (χ0n) is 52.2. The SMILES string of the molecule is COc1ccc(C(OC(C(=O)COc2ccccc2)[C@H]2O[C@@H](n3cnc4c(=O)[nH]c(N)nc43)C[C@@H]2OP(=O)(OCCOCCO[C@@H]2O[C@H](COC(C)=O)[C@H](OC(C)=O)[C@H](OC(C)=O)[C@H]2NC(C)=O)N(C(C)C)C(C)C)(c2ccccc2)c2ccc(OC)cc2)cc1. The molecule has 4 N–H and O–H groups in total. The zero-order chi connectivity index (χ0) is 65.6. The second-order valence-corrected chi connectivity index (χ2v) is 23.8. The van der Waals surface area contributed by atoms with Crippen LogP contribution in [0.1, 0.15) is 84.7 Å². The van der Waals surface area contributed by atoms with Gasteiger partial charge in [0.1, 0.15) is 66.6 Å². The number of methoxy groups -OCH3 is 2. The number of H-pyrrole nitrogens is 1. The summed E-state index contributed by atoms with van der Waals surface area (Å²) in [6.45, 7) is 9.99. The van der Waals surface area contributed by atoms with E-state index in [0.717, 1.165) is 13.8 Å². The Kier molecular flexibility index (Phi) is 23.6. The lowest BCUT2D eigenvalue weighted by Gasteiger charge is -2.44. The van der Waals surface area contributed by atoms with E-state index in [-0.39, 0.29) is 50.0 Å². The Morgan fingerprint density at radius 2 is 1.34 bits per heavy atom. The van der Waals surface area contributed by atoms with Crippen LogP contribution in [0.15, 0.2) is 120 Å². The topological polar surface area (TPSA) is 327 Å². The number of rotatable bonds is 31. The number of ketones is 1. The number of nitrogens with one attached hydrogen (secondary N) is 2. The van der Waals surface area contributed by atoms with Crippen molar-refractivity contribution in [3.05, 3.63) is 143 Å².